The van der Waals surface area contributed by atoms with Crippen LogP contribution in [0, 0.1) is 12.8 Å². The Balaban J connectivity index is 1.94. The van der Waals surface area contributed by atoms with Gasteiger partial charge in [-0.2, -0.15) is 0 Å². The van der Waals surface area contributed by atoms with Crippen molar-refractivity contribution in [3.05, 3.63) is 65.2 Å². The number of anilines is 1. The molecule has 166 valence electrons. The number of rotatable bonds is 10. The van der Waals surface area contributed by atoms with E-state index in [1.54, 1.807) is 24.3 Å². The van der Waals surface area contributed by atoms with E-state index in [2.05, 4.69) is 29.8 Å². The molecule has 0 aliphatic rings. The number of aryl methyl sites for hydroxylation is 1. The van der Waals surface area contributed by atoms with E-state index < -0.39 is 11.8 Å². The largest absolute Gasteiger partial charge is 0.348 e. The normalized spacial score (nSPS) is 11.5. The average molecular weight is 424 g/mol. The standard InChI is InChI=1S/C25H33N3O3/c1-4-6-9-19(5-2)16-27-24(30)25(31)28-22-11-8-7-10-21(22)23(29)26-17-20-14-12-18(3)13-15-20/h7-8,10-15,19H,4-6,9,16-17H2,1-3H3,(H,26,29)(H,27,30)(H,28,31)/t19-/m0/s1. The molecule has 0 fully saturated rings. The van der Waals surface area contributed by atoms with Gasteiger partial charge < -0.3 is 16.0 Å². The minimum Gasteiger partial charge on any atom is -0.348 e. The maximum atomic E-state index is 12.6. The van der Waals surface area contributed by atoms with Gasteiger partial charge in [-0.25, -0.2) is 0 Å². The van der Waals surface area contributed by atoms with E-state index >= 15 is 0 Å². The number of nitrogens with one attached hydrogen (secondary N) is 3. The molecule has 0 bridgehead atoms. The average Bonchev–Trinajstić information content (AvgIpc) is 2.78. The smallest absolute Gasteiger partial charge is 0.313 e. The van der Waals surface area contributed by atoms with Gasteiger partial charge in [0.1, 0.15) is 0 Å². The fourth-order valence-electron chi connectivity index (χ4n) is 3.21. The van der Waals surface area contributed by atoms with Crippen LogP contribution in [-0.2, 0) is 16.1 Å². The molecule has 0 saturated heterocycles. The van der Waals surface area contributed by atoms with E-state index in [-0.39, 0.29) is 5.91 Å². The number of hydrogen-bond donors (Lipinski definition) is 3. The van der Waals surface area contributed by atoms with Crippen LogP contribution < -0.4 is 16.0 Å². The summed E-state index contributed by atoms with van der Waals surface area (Å²) in [6, 6.07) is 14.5. The fraction of sp³-hybridized carbons (Fsp3) is 0.400. The Labute approximate surface area is 184 Å². The van der Waals surface area contributed by atoms with Gasteiger partial charge in [0.25, 0.3) is 5.91 Å². The molecule has 0 spiro atoms. The van der Waals surface area contributed by atoms with Crippen LogP contribution in [0.25, 0.3) is 0 Å². The topological polar surface area (TPSA) is 87.3 Å². The summed E-state index contributed by atoms with van der Waals surface area (Å²) in [6.45, 7) is 7.07. The predicted molar refractivity (Wildman–Crippen MR) is 124 cm³/mol. The number of hydrogen-bond acceptors (Lipinski definition) is 3. The lowest BCUT2D eigenvalue weighted by molar-refractivity contribution is -0.136. The van der Waals surface area contributed by atoms with Crippen LogP contribution in [0.15, 0.2) is 48.5 Å². The van der Waals surface area contributed by atoms with Gasteiger partial charge >= 0.3 is 11.8 Å². The molecule has 2 rings (SSSR count). The quantitative estimate of drug-likeness (QED) is 0.501. The van der Waals surface area contributed by atoms with Crippen molar-refractivity contribution in [3.63, 3.8) is 0 Å². The lowest BCUT2D eigenvalue weighted by atomic mass is 9.99. The van der Waals surface area contributed by atoms with Gasteiger partial charge in [-0.15, -0.1) is 0 Å². The molecule has 1 atom stereocenters. The van der Waals surface area contributed by atoms with Crippen LogP contribution in [0.5, 0.6) is 0 Å². The summed E-state index contributed by atoms with van der Waals surface area (Å²) in [5.74, 6) is -1.42. The summed E-state index contributed by atoms with van der Waals surface area (Å²) in [5.41, 5.74) is 2.75. The lowest BCUT2D eigenvalue weighted by Crippen LogP contribution is -2.38. The number of amides is 3. The van der Waals surface area contributed by atoms with Crippen LogP contribution in [0.4, 0.5) is 5.69 Å². The third-order valence-corrected chi connectivity index (χ3v) is 5.29. The molecule has 3 amide bonds. The van der Waals surface area contributed by atoms with Gasteiger partial charge in [0.2, 0.25) is 0 Å². The highest BCUT2D eigenvalue weighted by molar-refractivity contribution is 6.40. The highest BCUT2D eigenvalue weighted by Gasteiger charge is 2.18. The first kappa shape index (κ1) is 24.1. The van der Waals surface area contributed by atoms with Crippen molar-refractivity contribution >= 4 is 23.4 Å². The van der Waals surface area contributed by atoms with Crippen molar-refractivity contribution in [2.75, 3.05) is 11.9 Å². The minimum atomic E-state index is -0.774. The van der Waals surface area contributed by atoms with Gasteiger partial charge in [0, 0.05) is 13.1 Å². The van der Waals surface area contributed by atoms with Crippen molar-refractivity contribution in [2.45, 2.75) is 53.0 Å². The van der Waals surface area contributed by atoms with Crippen molar-refractivity contribution in [3.8, 4) is 0 Å². The summed E-state index contributed by atoms with van der Waals surface area (Å²) in [6.07, 6.45) is 4.18. The van der Waals surface area contributed by atoms with E-state index in [1.807, 2.05) is 31.2 Å². The Hall–Kier alpha value is -3.15. The van der Waals surface area contributed by atoms with Crippen molar-refractivity contribution in [1.29, 1.82) is 0 Å². The first-order valence-corrected chi connectivity index (χ1v) is 11.0. The first-order chi connectivity index (χ1) is 14.9. The number of para-hydroxylation sites is 1. The molecule has 0 aliphatic carbocycles. The van der Waals surface area contributed by atoms with Crippen LogP contribution in [0.1, 0.15) is 61.0 Å². The minimum absolute atomic E-state index is 0.307. The lowest BCUT2D eigenvalue weighted by Gasteiger charge is -2.15. The predicted octanol–water partition coefficient (Wildman–Crippen LogP) is 4.20. The third-order valence-electron chi connectivity index (χ3n) is 5.29. The van der Waals surface area contributed by atoms with Crippen LogP contribution in [-0.4, -0.2) is 24.3 Å². The van der Waals surface area contributed by atoms with Crippen LogP contribution >= 0.6 is 0 Å². The molecule has 0 radical (unpaired) electrons. The molecule has 6 heteroatoms. The Kier molecular flexibility index (Phi) is 9.75. The van der Waals surface area contributed by atoms with E-state index in [4.69, 9.17) is 0 Å². The maximum Gasteiger partial charge on any atom is 0.313 e. The zero-order valence-corrected chi connectivity index (χ0v) is 18.7. The molecule has 31 heavy (non-hydrogen) atoms. The second-order valence-electron chi connectivity index (χ2n) is 7.79. The fourth-order valence-corrected chi connectivity index (χ4v) is 3.21. The van der Waals surface area contributed by atoms with E-state index in [0.29, 0.717) is 30.3 Å². The zero-order valence-electron chi connectivity index (χ0n) is 18.7. The number of benzene rings is 2. The van der Waals surface area contributed by atoms with E-state index in [9.17, 15) is 14.4 Å². The second kappa shape index (κ2) is 12.5. The van der Waals surface area contributed by atoms with Crippen LogP contribution in [0.2, 0.25) is 0 Å². The molecule has 0 saturated carbocycles. The molecule has 6 nitrogen and oxygen atoms in total. The van der Waals surface area contributed by atoms with Crippen molar-refractivity contribution in [1.82, 2.24) is 10.6 Å². The molecular weight excluding hydrogens is 390 g/mol. The summed E-state index contributed by atoms with van der Waals surface area (Å²) >= 11 is 0. The SMILES string of the molecule is CCCC[C@H](CC)CNC(=O)C(=O)Nc1ccccc1C(=O)NCc1ccc(C)cc1. The monoisotopic (exact) mass is 423 g/mol. The van der Waals surface area contributed by atoms with Gasteiger partial charge in [-0.3, -0.25) is 14.4 Å². The zero-order chi connectivity index (χ0) is 22.6. The number of carbonyl (C=O) groups excluding carboxylic acids is 3. The van der Waals surface area contributed by atoms with Crippen molar-refractivity contribution < 1.29 is 14.4 Å². The molecular formula is C25H33N3O3. The van der Waals surface area contributed by atoms with Gasteiger partial charge in [-0.05, 0) is 37.0 Å². The molecule has 2 aromatic carbocycles. The Morgan fingerprint density at radius 1 is 0.903 bits per heavy atom. The Morgan fingerprint density at radius 3 is 2.29 bits per heavy atom. The second-order valence-corrected chi connectivity index (χ2v) is 7.79. The summed E-state index contributed by atoms with van der Waals surface area (Å²) < 4.78 is 0. The van der Waals surface area contributed by atoms with Gasteiger partial charge in [-0.1, -0.05) is 75.1 Å². The first-order valence-electron chi connectivity index (χ1n) is 11.0. The number of carbonyl (C=O) groups is 3. The van der Waals surface area contributed by atoms with E-state index in [1.165, 1.54) is 0 Å². The Morgan fingerprint density at radius 2 is 1.61 bits per heavy atom. The Bertz CT molecular complexity index is 878. The summed E-state index contributed by atoms with van der Waals surface area (Å²) in [4.78, 5) is 37.2. The molecule has 0 heterocycles. The van der Waals surface area contributed by atoms with E-state index in [0.717, 1.165) is 36.8 Å². The molecule has 0 aliphatic heterocycles. The molecule has 0 aromatic heterocycles. The summed E-state index contributed by atoms with van der Waals surface area (Å²) in [7, 11) is 0. The van der Waals surface area contributed by atoms with Gasteiger partial charge in [0.05, 0.1) is 11.3 Å². The maximum absolute atomic E-state index is 12.6. The van der Waals surface area contributed by atoms with Crippen LogP contribution in [0.3, 0.4) is 0 Å². The molecule has 0 unspecified atom stereocenters. The third kappa shape index (κ3) is 7.89. The van der Waals surface area contributed by atoms with Gasteiger partial charge in [0.15, 0.2) is 0 Å². The summed E-state index contributed by atoms with van der Waals surface area (Å²) in [5, 5.41) is 8.13. The highest BCUT2D eigenvalue weighted by atomic mass is 16.2. The highest BCUT2D eigenvalue weighted by Crippen LogP contribution is 2.16. The molecule has 3 N–H and O–H groups in total. The number of unbranched alkanes of at least 4 members (excludes halogenated alkanes) is 1. The molecule has 2 aromatic rings. The van der Waals surface area contributed by atoms with Crippen molar-refractivity contribution in [2.24, 2.45) is 5.92 Å².